The van der Waals surface area contributed by atoms with Crippen LogP contribution in [0.1, 0.15) is 34.9 Å². The van der Waals surface area contributed by atoms with Crippen molar-refractivity contribution in [3.05, 3.63) is 96.1 Å². The van der Waals surface area contributed by atoms with E-state index < -0.39 is 19.4 Å². The number of benzene rings is 3. The van der Waals surface area contributed by atoms with Crippen LogP contribution in [0, 0.1) is 0 Å². The zero-order valence-corrected chi connectivity index (χ0v) is 16.7. The zero-order valence-electron chi connectivity index (χ0n) is 15.8. The van der Waals surface area contributed by atoms with Crippen LogP contribution >= 0.6 is 7.37 Å². The fraction of sp³-hybridized carbons (Fsp3) is 0.174. The molecule has 3 aromatic rings. The Bertz CT molecular complexity index is 945. The third-order valence-electron chi connectivity index (χ3n) is 4.55. The van der Waals surface area contributed by atoms with E-state index in [2.05, 4.69) is 0 Å². The fourth-order valence-corrected chi connectivity index (χ4v) is 4.97. The van der Waals surface area contributed by atoms with Crippen molar-refractivity contribution in [2.75, 3.05) is 6.61 Å². The lowest BCUT2D eigenvalue weighted by Gasteiger charge is -2.19. The van der Waals surface area contributed by atoms with Gasteiger partial charge in [-0.3, -0.25) is 4.57 Å². The Morgan fingerprint density at radius 3 is 2.03 bits per heavy atom. The maximum absolute atomic E-state index is 13.8. The van der Waals surface area contributed by atoms with Crippen LogP contribution in [0.25, 0.3) is 0 Å². The van der Waals surface area contributed by atoms with Gasteiger partial charge in [-0.15, -0.1) is 0 Å². The Hall–Kier alpha value is -2.72. The first kappa shape index (κ1) is 21.0. The minimum atomic E-state index is -3.65. The summed E-state index contributed by atoms with van der Waals surface area (Å²) in [6, 6.07) is 23.7. The zero-order chi connectivity index (χ0) is 20.7. The second kappa shape index (κ2) is 9.66. The monoisotopic (exact) mass is 410 g/mol. The van der Waals surface area contributed by atoms with Crippen molar-refractivity contribution in [2.24, 2.45) is 0 Å². The van der Waals surface area contributed by atoms with E-state index in [1.807, 2.05) is 0 Å². The van der Waals surface area contributed by atoms with Crippen LogP contribution in [0.4, 0.5) is 0 Å². The maximum Gasteiger partial charge on any atom is 0.343 e. The summed E-state index contributed by atoms with van der Waals surface area (Å²) in [6.45, 7) is -0.0177. The normalized spacial score (nSPS) is 12.3. The summed E-state index contributed by atoms with van der Waals surface area (Å²) in [5.41, 5.74) is 0.750. The van der Waals surface area contributed by atoms with Gasteiger partial charge in [-0.05, 0) is 54.8 Å². The van der Waals surface area contributed by atoms with E-state index in [9.17, 15) is 14.5 Å². The maximum atomic E-state index is 13.8. The van der Waals surface area contributed by atoms with E-state index in [0.717, 1.165) is 0 Å². The molecular formula is C23H23O5P. The smallest absolute Gasteiger partial charge is 0.343 e. The molecule has 6 heteroatoms. The van der Waals surface area contributed by atoms with Crippen molar-refractivity contribution in [3.8, 4) is 0 Å². The molecule has 0 radical (unpaired) electrons. The summed E-state index contributed by atoms with van der Waals surface area (Å²) >= 11 is 0. The molecule has 0 aliphatic heterocycles. The number of hydrogen-bond donors (Lipinski definition) is 2. The molecule has 0 saturated carbocycles. The first-order chi connectivity index (χ1) is 14.0. The van der Waals surface area contributed by atoms with Crippen LogP contribution < -0.4 is 10.6 Å². The Morgan fingerprint density at radius 1 is 0.897 bits per heavy atom. The summed E-state index contributed by atoms with van der Waals surface area (Å²) < 4.78 is 19.4. The highest BCUT2D eigenvalue weighted by Crippen LogP contribution is 2.45. The van der Waals surface area contributed by atoms with E-state index in [0.29, 0.717) is 29.0 Å². The third-order valence-corrected chi connectivity index (χ3v) is 6.93. The molecule has 0 heterocycles. The van der Waals surface area contributed by atoms with Crippen molar-refractivity contribution in [3.63, 3.8) is 0 Å². The number of aliphatic hydroxyl groups is 2. The van der Waals surface area contributed by atoms with Crippen LogP contribution in [0.3, 0.4) is 0 Å². The van der Waals surface area contributed by atoms with Gasteiger partial charge in [0.2, 0.25) is 0 Å². The number of carbonyl (C=O) groups excluding carboxylic acids is 1. The highest BCUT2D eigenvalue weighted by Gasteiger charge is 2.32. The van der Waals surface area contributed by atoms with Crippen molar-refractivity contribution in [2.45, 2.75) is 18.9 Å². The summed E-state index contributed by atoms with van der Waals surface area (Å²) in [5, 5.41) is 20.0. The summed E-state index contributed by atoms with van der Waals surface area (Å²) in [6.07, 6.45) is 0.0270. The second-order valence-corrected chi connectivity index (χ2v) is 8.93. The summed E-state index contributed by atoms with van der Waals surface area (Å²) in [5.74, 6) is -0.725. The van der Waals surface area contributed by atoms with E-state index in [1.54, 1.807) is 78.9 Å². The molecule has 0 aliphatic rings. The molecule has 1 unspecified atom stereocenters. The Morgan fingerprint density at radius 2 is 1.48 bits per heavy atom. The summed E-state index contributed by atoms with van der Waals surface area (Å²) in [7, 11) is -3.65. The van der Waals surface area contributed by atoms with Crippen molar-refractivity contribution in [1.29, 1.82) is 0 Å². The van der Waals surface area contributed by atoms with Crippen LogP contribution in [-0.4, -0.2) is 22.8 Å². The van der Waals surface area contributed by atoms with Gasteiger partial charge in [-0.25, -0.2) is 4.79 Å². The van der Waals surface area contributed by atoms with Crippen molar-refractivity contribution < 1.29 is 24.1 Å². The average molecular weight is 410 g/mol. The van der Waals surface area contributed by atoms with E-state index in [-0.39, 0.29) is 12.2 Å². The largest absolute Gasteiger partial charge is 0.401 e. The minimum absolute atomic E-state index is 0.0177. The number of aliphatic hydroxyl groups excluding tert-OH is 2. The van der Waals surface area contributed by atoms with E-state index in [1.165, 1.54) is 6.07 Å². The molecule has 29 heavy (non-hydrogen) atoms. The predicted octanol–water partition coefficient (Wildman–Crippen LogP) is 3.58. The minimum Gasteiger partial charge on any atom is -0.401 e. The molecule has 0 bridgehead atoms. The highest BCUT2D eigenvalue weighted by atomic mass is 31.2. The van der Waals surface area contributed by atoms with Gasteiger partial charge in [-0.2, -0.15) is 0 Å². The van der Waals surface area contributed by atoms with E-state index >= 15 is 0 Å². The van der Waals surface area contributed by atoms with Crippen LogP contribution in [0.15, 0.2) is 84.9 Å². The van der Waals surface area contributed by atoms with E-state index in [4.69, 9.17) is 9.63 Å². The van der Waals surface area contributed by atoms with Gasteiger partial charge in [0.1, 0.15) is 0 Å². The van der Waals surface area contributed by atoms with Gasteiger partial charge in [0, 0.05) is 6.61 Å². The third kappa shape index (κ3) is 5.01. The Balaban J connectivity index is 1.91. The molecule has 1 atom stereocenters. The van der Waals surface area contributed by atoms with Gasteiger partial charge in [0.15, 0.2) is 0 Å². The fourth-order valence-electron chi connectivity index (χ4n) is 3.00. The topological polar surface area (TPSA) is 83.8 Å². The molecule has 0 saturated heterocycles. The van der Waals surface area contributed by atoms with Crippen LogP contribution in [0.5, 0.6) is 0 Å². The van der Waals surface area contributed by atoms with Crippen LogP contribution in [0.2, 0.25) is 0 Å². The standard InChI is InChI=1S/C23H23O5P/c24-16-8-15-22(25)18-9-7-10-19(17-18)23(26)28-29(27,20-11-3-1-4-12-20)21-13-5-2-6-14-21/h1-7,9-14,17,22,24-25H,8,15-16H2. The lowest BCUT2D eigenvalue weighted by atomic mass is 10.0. The lowest BCUT2D eigenvalue weighted by Crippen LogP contribution is -2.21. The van der Waals surface area contributed by atoms with Crippen molar-refractivity contribution in [1.82, 2.24) is 0 Å². The molecule has 3 aromatic carbocycles. The van der Waals surface area contributed by atoms with Gasteiger partial charge >= 0.3 is 13.3 Å². The van der Waals surface area contributed by atoms with Gasteiger partial charge in [0.25, 0.3) is 0 Å². The van der Waals surface area contributed by atoms with Gasteiger partial charge in [0.05, 0.1) is 22.3 Å². The summed E-state index contributed by atoms with van der Waals surface area (Å²) in [4.78, 5) is 12.9. The lowest BCUT2D eigenvalue weighted by molar-refractivity contribution is 0.0746. The van der Waals surface area contributed by atoms with Crippen LogP contribution in [-0.2, 0) is 9.09 Å². The Labute approximate surface area is 170 Å². The molecular weight excluding hydrogens is 387 g/mol. The second-order valence-electron chi connectivity index (χ2n) is 6.61. The molecule has 5 nitrogen and oxygen atoms in total. The van der Waals surface area contributed by atoms with Gasteiger partial charge in [-0.1, -0.05) is 48.5 Å². The molecule has 0 aromatic heterocycles. The molecule has 3 rings (SSSR count). The first-order valence-corrected chi connectivity index (χ1v) is 11.0. The van der Waals surface area contributed by atoms with Crippen molar-refractivity contribution >= 4 is 23.9 Å². The number of carbonyl (C=O) groups is 1. The molecule has 0 aliphatic carbocycles. The average Bonchev–Trinajstić information content (AvgIpc) is 2.78. The number of rotatable bonds is 8. The SMILES string of the molecule is O=C(OP(=O)(c1ccccc1)c1ccccc1)c1cccc(C(O)CCCO)c1. The number of hydrogen-bond acceptors (Lipinski definition) is 5. The first-order valence-electron chi connectivity index (χ1n) is 9.38. The predicted molar refractivity (Wildman–Crippen MR) is 113 cm³/mol. The molecule has 2 N–H and O–H groups in total. The highest BCUT2D eigenvalue weighted by molar-refractivity contribution is 7.74. The quantitative estimate of drug-likeness (QED) is 0.555. The Kier molecular flexibility index (Phi) is 6.99. The molecule has 0 amide bonds. The van der Waals surface area contributed by atoms with Gasteiger partial charge < -0.3 is 14.7 Å². The molecule has 0 fully saturated rings. The molecule has 150 valence electrons. The molecule has 0 spiro atoms.